The van der Waals surface area contributed by atoms with Crippen LogP contribution in [0.25, 0.3) is 0 Å². The maximum absolute atomic E-state index is 12.6. The number of ether oxygens (including phenoxy) is 1. The van der Waals surface area contributed by atoms with Crippen LogP contribution in [-0.4, -0.2) is 21.9 Å². The normalized spacial score (nSPS) is 15.4. The lowest BCUT2D eigenvalue weighted by atomic mass is 9.72. The predicted molar refractivity (Wildman–Crippen MR) is 133 cm³/mol. The second-order valence-corrected chi connectivity index (χ2v) is 11.6. The van der Waals surface area contributed by atoms with Gasteiger partial charge in [0.25, 0.3) is 11.1 Å². The van der Waals surface area contributed by atoms with Gasteiger partial charge in [0.05, 0.1) is 11.3 Å². The minimum atomic E-state index is -0.218. The van der Waals surface area contributed by atoms with Crippen LogP contribution in [-0.2, 0) is 24.2 Å². The van der Waals surface area contributed by atoms with E-state index in [1.165, 1.54) is 16.2 Å². The van der Waals surface area contributed by atoms with Crippen molar-refractivity contribution in [3.63, 3.8) is 0 Å². The highest BCUT2D eigenvalue weighted by atomic mass is 35.5. The van der Waals surface area contributed by atoms with Crippen LogP contribution < -0.4 is 10.1 Å². The zero-order valence-corrected chi connectivity index (χ0v) is 21.6. The van der Waals surface area contributed by atoms with Gasteiger partial charge in [-0.3, -0.25) is 4.79 Å². The largest absolute Gasteiger partial charge is 0.484 e. The minimum absolute atomic E-state index is 0.0950. The van der Waals surface area contributed by atoms with Crippen LogP contribution >= 0.6 is 34.7 Å². The molecule has 1 aliphatic rings. The number of hydrogen-bond donors (Lipinski definition) is 1. The topological polar surface area (TPSA) is 101 Å². The number of nitriles is 1. The third kappa shape index (κ3) is 5.93. The average Bonchev–Trinajstić information content (AvgIpc) is 3.39. The summed E-state index contributed by atoms with van der Waals surface area (Å²) in [7, 11) is 0. The van der Waals surface area contributed by atoms with E-state index in [2.05, 4.69) is 42.4 Å². The molecule has 2 aromatic heterocycles. The molecule has 4 rings (SSSR count). The summed E-state index contributed by atoms with van der Waals surface area (Å²) in [5, 5.41) is 22.1. The molecule has 0 saturated carbocycles. The van der Waals surface area contributed by atoms with Crippen LogP contribution in [0.5, 0.6) is 5.75 Å². The number of nitrogens with zero attached hydrogens (tertiary/aromatic N) is 3. The first kappa shape index (κ1) is 24.6. The van der Waals surface area contributed by atoms with Crippen LogP contribution in [0.2, 0.25) is 5.02 Å². The molecule has 0 bridgehead atoms. The number of benzene rings is 1. The SMILES string of the molecule is CC(C)(C)[C@H]1CCc2c(sc(NC(=O)CSc3nnc(COc4ccc(Cl)cc4)o3)c2C#N)C1. The van der Waals surface area contributed by atoms with Crippen LogP contribution in [0.3, 0.4) is 0 Å². The highest BCUT2D eigenvalue weighted by Crippen LogP contribution is 2.44. The molecule has 1 amide bonds. The molecule has 0 aliphatic heterocycles. The molecule has 0 spiro atoms. The van der Waals surface area contributed by atoms with E-state index in [1.54, 1.807) is 24.3 Å². The fourth-order valence-corrected chi connectivity index (χ4v) is 5.85. The number of hydrogen-bond acceptors (Lipinski definition) is 8. The van der Waals surface area contributed by atoms with Crippen molar-refractivity contribution < 1.29 is 13.9 Å². The molecule has 3 aromatic rings. The van der Waals surface area contributed by atoms with E-state index in [-0.39, 0.29) is 28.9 Å². The van der Waals surface area contributed by atoms with Gasteiger partial charge in [-0.2, -0.15) is 5.26 Å². The monoisotopic (exact) mass is 516 g/mol. The predicted octanol–water partition coefficient (Wildman–Crippen LogP) is 6.12. The Morgan fingerprint density at radius 2 is 2.12 bits per heavy atom. The van der Waals surface area contributed by atoms with Gasteiger partial charge in [-0.25, -0.2) is 0 Å². The molecule has 10 heteroatoms. The van der Waals surface area contributed by atoms with E-state index < -0.39 is 0 Å². The van der Waals surface area contributed by atoms with Crippen molar-refractivity contribution in [2.45, 2.75) is 51.9 Å². The summed E-state index contributed by atoms with van der Waals surface area (Å²) >= 11 is 8.53. The second kappa shape index (κ2) is 10.4. The summed E-state index contributed by atoms with van der Waals surface area (Å²) in [5.41, 5.74) is 1.92. The minimum Gasteiger partial charge on any atom is -0.484 e. The number of rotatable bonds is 7. The van der Waals surface area contributed by atoms with Crippen molar-refractivity contribution in [1.82, 2.24) is 10.2 Å². The molecule has 2 heterocycles. The fourth-order valence-electron chi connectivity index (χ4n) is 3.85. The van der Waals surface area contributed by atoms with E-state index in [4.69, 9.17) is 20.8 Å². The maximum Gasteiger partial charge on any atom is 0.277 e. The number of thiophene rings is 1. The molecule has 0 radical (unpaired) electrons. The van der Waals surface area contributed by atoms with E-state index in [9.17, 15) is 10.1 Å². The Morgan fingerprint density at radius 1 is 1.35 bits per heavy atom. The summed E-state index contributed by atoms with van der Waals surface area (Å²) in [6.07, 6.45) is 2.89. The molecule has 1 aromatic carbocycles. The van der Waals surface area contributed by atoms with Gasteiger partial charge in [-0.1, -0.05) is 44.1 Å². The smallest absolute Gasteiger partial charge is 0.277 e. The number of anilines is 1. The second-order valence-electron chi connectivity index (χ2n) is 9.17. The quantitative estimate of drug-likeness (QED) is 0.377. The third-order valence-corrected chi connectivity index (χ3v) is 8.05. The molecule has 0 saturated heterocycles. The van der Waals surface area contributed by atoms with Crippen molar-refractivity contribution >= 4 is 45.6 Å². The Labute approximate surface area is 211 Å². The van der Waals surface area contributed by atoms with Crippen molar-refractivity contribution in [3.05, 3.63) is 51.2 Å². The van der Waals surface area contributed by atoms with Crippen LogP contribution in [0.1, 0.15) is 49.1 Å². The van der Waals surface area contributed by atoms with E-state index in [0.29, 0.717) is 33.1 Å². The number of thioether (sulfide) groups is 1. The molecule has 178 valence electrons. The number of fused-ring (bicyclic) bond motifs is 1. The van der Waals surface area contributed by atoms with Crippen LogP contribution in [0, 0.1) is 22.7 Å². The number of amides is 1. The highest BCUT2D eigenvalue weighted by Gasteiger charge is 2.32. The lowest BCUT2D eigenvalue weighted by molar-refractivity contribution is -0.113. The van der Waals surface area contributed by atoms with Gasteiger partial charge in [-0.05, 0) is 60.4 Å². The lowest BCUT2D eigenvalue weighted by Crippen LogP contribution is -2.26. The van der Waals surface area contributed by atoms with E-state index >= 15 is 0 Å². The summed E-state index contributed by atoms with van der Waals surface area (Å²) in [6, 6.07) is 9.26. The van der Waals surface area contributed by atoms with Gasteiger partial charge in [0, 0.05) is 9.90 Å². The number of aromatic nitrogens is 2. The standard InChI is InChI=1S/C24H25ClN4O3S2/c1-24(2,3)14-4-9-17-18(11-26)22(34-19(17)10-14)27-20(30)13-33-23-29-28-21(32-23)12-31-16-7-5-15(25)6-8-16/h5-8,14H,4,9-10,12-13H2,1-3H3,(H,27,30)/t14-/m0/s1. The number of nitrogens with one attached hydrogen (secondary N) is 1. The molecule has 34 heavy (non-hydrogen) atoms. The summed E-state index contributed by atoms with van der Waals surface area (Å²) in [5.74, 6) is 1.39. The first-order valence-corrected chi connectivity index (χ1v) is 13.1. The molecular formula is C24H25ClN4O3S2. The van der Waals surface area contributed by atoms with Gasteiger partial charge in [0.1, 0.15) is 16.8 Å². The zero-order chi connectivity index (χ0) is 24.3. The summed E-state index contributed by atoms with van der Waals surface area (Å²) in [6.45, 7) is 6.89. The van der Waals surface area contributed by atoms with Gasteiger partial charge in [-0.15, -0.1) is 21.5 Å². The van der Waals surface area contributed by atoms with Gasteiger partial charge in [0.2, 0.25) is 5.91 Å². The molecular weight excluding hydrogens is 492 g/mol. The van der Waals surface area contributed by atoms with Crippen molar-refractivity contribution in [2.75, 3.05) is 11.1 Å². The summed E-state index contributed by atoms with van der Waals surface area (Å²) in [4.78, 5) is 13.8. The average molecular weight is 517 g/mol. The lowest BCUT2D eigenvalue weighted by Gasteiger charge is -2.33. The Kier molecular flexibility index (Phi) is 7.51. The molecule has 0 fully saturated rings. The van der Waals surface area contributed by atoms with E-state index in [0.717, 1.165) is 36.6 Å². The highest BCUT2D eigenvalue weighted by molar-refractivity contribution is 7.99. The Morgan fingerprint density at radius 3 is 2.82 bits per heavy atom. The maximum atomic E-state index is 12.6. The molecule has 7 nitrogen and oxygen atoms in total. The molecule has 1 N–H and O–H groups in total. The Hall–Kier alpha value is -2.54. The summed E-state index contributed by atoms with van der Waals surface area (Å²) < 4.78 is 11.1. The Balaban J connectivity index is 1.31. The number of halogens is 1. The molecule has 0 unspecified atom stereocenters. The van der Waals surface area contributed by atoms with Crippen molar-refractivity contribution in [2.24, 2.45) is 11.3 Å². The van der Waals surface area contributed by atoms with Gasteiger partial charge in [0.15, 0.2) is 6.61 Å². The van der Waals surface area contributed by atoms with Crippen molar-refractivity contribution in [3.8, 4) is 11.8 Å². The Bertz CT molecular complexity index is 1210. The van der Waals surface area contributed by atoms with Gasteiger partial charge < -0.3 is 14.5 Å². The molecule has 1 aliphatic carbocycles. The first-order valence-electron chi connectivity index (χ1n) is 10.9. The van der Waals surface area contributed by atoms with Crippen LogP contribution in [0.4, 0.5) is 5.00 Å². The van der Waals surface area contributed by atoms with Crippen molar-refractivity contribution in [1.29, 1.82) is 5.26 Å². The molecule has 1 atom stereocenters. The fraction of sp³-hybridized carbons (Fsp3) is 0.417. The van der Waals surface area contributed by atoms with E-state index in [1.807, 2.05) is 0 Å². The first-order chi connectivity index (χ1) is 16.2. The van der Waals surface area contributed by atoms with Gasteiger partial charge >= 0.3 is 0 Å². The third-order valence-electron chi connectivity index (χ3n) is 5.81. The zero-order valence-electron chi connectivity index (χ0n) is 19.2. The number of carbonyl (C=O) groups is 1. The number of carbonyl (C=O) groups excluding carboxylic acids is 1. The van der Waals surface area contributed by atoms with Crippen LogP contribution in [0.15, 0.2) is 33.9 Å².